The molecule has 0 aromatic heterocycles. The highest BCUT2D eigenvalue weighted by Crippen LogP contribution is 2.12. The third kappa shape index (κ3) is 7.22. The van der Waals surface area contributed by atoms with Gasteiger partial charge < -0.3 is 20.5 Å². The van der Waals surface area contributed by atoms with Crippen molar-refractivity contribution in [2.24, 2.45) is 11.7 Å². The van der Waals surface area contributed by atoms with Gasteiger partial charge in [-0.1, -0.05) is 19.1 Å². The maximum absolute atomic E-state index is 11.8. The van der Waals surface area contributed by atoms with E-state index in [4.69, 9.17) is 15.2 Å². The first-order chi connectivity index (χ1) is 10.0. The zero-order valence-electron chi connectivity index (χ0n) is 13.1. The highest BCUT2D eigenvalue weighted by molar-refractivity contribution is 5.92. The van der Waals surface area contributed by atoms with Crippen molar-refractivity contribution < 1.29 is 14.3 Å². The molecule has 0 bridgehead atoms. The Balaban J connectivity index is 2.40. The first-order valence-corrected chi connectivity index (χ1v) is 7.32. The zero-order valence-corrected chi connectivity index (χ0v) is 13.1. The number of nitrogens with two attached hydrogens (primary N) is 1. The molecule has 0 saturated heterocycles. The first kappa shape index (κ1) is 17.6. The average molecular weight is 294 g/mol. The molecule has 0 radical (unpaired) electrons. The van der Waals surface area contributed by atoms with Crippen LogP contribution in [0.25, 0.3) is 0 Å². The highest BCUT2D eigenvalue weighted by Gasteiger charge is 2.10. The van der Waals surface area contributed by atoms with Crippen LogP contribution in [0.3, 0.4) is 0 Å². The lowest BCUT2D eigenvalue weighted by Crippen LogP contribution is -2.26. The van der Waals surface area contributed by atoms with E-state index in [9.17, 15) is 4.79 Å². The molecule has 1 rings (SSSR count). The number of rotatable bonds is 9. The quantitative estimate of drug-likeness (QED) is 0.685. The van der Waals surface area contributed by atoms with Gasteiger partial charge in [-0.05, 0) is 31.5 Å². The minimum Gasteiger partial charge on any atom is -0.376 e. The summed E-state index contributed by atoms with van der Waals surface area (Å²) in [5.41, 5.74) is 7.25. The monoisotopic (exact) mass is 294 g/mol. The summed E-state index contributed by atoms with van der Waals surface area (Å²) in [6.45, 7) is 7.77. The smallest absolute Gasteiger partial charge is 0.228 e. The van der Waals surface area contributed by atoms with Gasteiger partial charge in [0.25, 0.3) is 0 Å². The van der Waals surface area contributed by atoms with E-state index in [0.717, 1.165) is 11.3 Å². The predicted octanol–water partition coefficient (Wildman–Crippen LogP) is 2.16. The van der Waals surface area contributed by atoms with Crippen molar-refractivity contribution in [1.82, 2.24) is 0 Å². The number of amides is 1. The summed E-state index contributed by atoms with van der Waals surface area (Å²) in [6, 6.07) is 7.62. The molecular weight excluding hydrogens is 268 g/mol. The van der Waals surface area contributed by atoms with Crippen molar-refractivity contribution in [3.05, 3.63) is 29.8 Å². The first-order valence-electron chi connectivity index (χ1n) is 7.32. The summed E-state index contributed by atoms with van der Waals surface area (Å²) < 4.78 is 10.9. The summed E-state index contributed by atoms with van der Waals surface area (Å²) in [4.78, 5) is 11.8. The van der Waals surface area contributed by atoms with E-state index in [1.165, 1.54) is 0 Å². The molecule has 1 unspecified atom stereocenters. The summed E-state index contributed by atoms with van der Waals surface area (Å²) in [5, 5.41) is 2.85. The van der Waals surface area contributed by atoms with Crippen LogP contribution in [-0.4, -0.2) is 31.8 Å². The third-order valence-corrected chi connectivity index (χ3v) is 2.94. The van der Waals surface area contributed by atoms with E-state index in [-0.39, 0.29) is 17.9 Å². The molecule has 0 heterocycles. The lowest BCUT2D eigenvalue weighted by molar-refractivity contribution is -0.119. The maximum atomic E-state index is 11.8. The largest absolute Gasteiger partial charge is 0.376 e. The molecule has 1 atom stereocenters. The number of ether oxygens (including phenoxy) is 2. The van der Waals surface area contributed by atoms with Crippen molar-refractivity contribution in [3.8, 4) is 0 Å². The number of anilines is 1. The summed E-state index contributed by atoms with van der Waals surface area (Å²) in [7, 11) is 0. The molecule has 0 aliphatic carbocycles. The second-order valence-electron chi connectivity index (χ2n) is 5.30. The normalized spacial score (nSPS) is 12.4. The number of carbonyl (C=O) groups excluding carboxylic acids is 1. The minimum absolute atomic E-state index is 0.0686. The van der Waals surface area contributed by atoms with Crippen LogP contribution in [0.15, 0.2) is 24.3 Å². The topological polar surface area (TPSA) is 73.6 Å². The van der Waals surface area contributed by atoms with Gasteiger partial charge in [-0.2, -0.15) is 0 Å². The van der Waals surface area contributed by atoms with Gasteiger partial charge in [0.1, 0.15) is 0 Å². The zero-order chi connectivity index (χ0) is 15.7. The Morgan fingerprint density at radius 3 is 2.71 bits per heavy atom. The van der Waals surface area contributed by atoms with E-state index in [1.54, 1.807) is 6.92 Å². The third-order valence-electron chi connectivity index (χ3n) is 2.94. The molecule has 3 N–H and O–H groups in total. The van der Waals surface area contributed by atoms with Crippen molar-refractivity contribution in [1.29, 1.82) is 0 Å². The summed E-state index contributed by atoms with van der Waals surface area (Å²) in [6.07, 6.45) is 0.219. The van der Waals surface area contributed by atoms with Crippen LogP contribution in [0.5, 0.6) is 0 Å². The molecule has 21 heavy (non-hydrogen) atoms. The Kier molecular flexibility index (Phi) is 7.97. The van der Waals surface area contributed by atoms with Crippen LogP contribution in [0.1, 0.15) is 26.3 Å². The number of benzene rings is 1. The van der Waals surface area contributed by atoms with Gasteiger partial charge in [-0.25, -0.2) is 0 Å². The molecule has 1 aromatic carbocycles. The molecular formula is C16H26N2O3. The van der Waals surface area contributed by atoms with Crippen LogP contribution >= 0.6 is 0 Å². The standard InChI is InChI=1S/C16H26N2O3/c1-12(2)21-8-7-20-11-14-5-4-6-15(9-14)18-16(19)13(3)10-17/h4-6,9,12-13H,7-8,10-11,17H2,1-3H3,(H,18,19). The maximum Gasteiger partial charge on any atom is 0.228 e. The van der Waals surface area contributed by atoms with E-state index < -0.39 is 0 Å². The lowest BCUT2D eigenvalue weighted by atomic mass is 10.1. The van der Waals surface area contributed by atoms with Crippen LogP contribution in [-0.2, 0) is 20.9 Å². The molecule has 118 valence electrons. The van der Waals surface area contributed by atoms with E-state index in [2.05, 4.69) is 5.32 Å². The SMILES string of the molecule is CC(C)OCCOCc1cccc(NC(=O)C(C)CN)c1. The van der Waals surface area contributed by atoms with Gasteiger partial charge in [0, 0.05) is 18.2 Å². The molecule has 0 spiro atoms. The Morgan fingerprint density at radius 1 is 1.29 bits per heavy atom. The fraction of sp³-hybridized carbons (Fsp3) is 0.562. The average Bonchev–Trinajstić information content (AvgIpc) is 2.46. The number of hydrogen-bond acceptors (Lipinski definition) is 4. The summed E-state index contributed by atoms with van der Waals surface area (Å²) >= 11 is 0. The molecule has 1 aromatic rings. The Hall–Kier alpha value is -1.43. The summed E-state index contributed by atoms with van der Waals surface area (Å²) in [5.74, 6) is -0.265. The minimum atomic E-state index is -0.196. The number of carbonyl (C=O) groups is 1. The van der Waals surface area contributed by atoms with Gasteiger partial charge in [-0.3, -0.25) is 4.79 Å². The fourth-order valence-corrected chi connectivity index (χ4v) is 1.64. The highest BCUT2D eigenvalue weighted by atomic mass is 16.5. The van der Waals surface area contributed by atoms with Gasteiger partial charge in [0.15, 0.2) is 0 Å². The Bertz CT molecular complexity index is 435. The molecule has 0 fully saturated rings. The van der Waals surface area contributed by atoms with Crippen molar-refractivity contribution in [3.63, 3.8) is 0 Å². The Morgan fingerprint density at radius 2 is 2.05 bits per heavy atom. The molecule has 0 aliphatic heterocycles. The van der Waals surface area contributed by atoms with Gasteiger partial charge in [0.05, 0.1) is 25.9 Å². The molecule has 5 nitrogen and oxygen atoms in total. The van der Waals surface area contributed by atoms with Gasteiger partial charge in [-0.15, -0.1) is 0 Å². The molecule has 0 saturated carbocycles. The molecule has 1 amide bonds. The van der Waals surface area contributed by atoms with E-state index >= 15 is 0 Å². The van der Waals surface area contributed by atoms with Crippen LogP contribution < -0.4 is 11.1 Å². The van der Waals surface area contributed by atoms with Crippen LogP contribution in [0.2, 0.25) is 0 Å². The van der Waals surface area contributed by atoms with Gasteiger partial charge in [0.2, 0.25) is 5.91 Å². The van der Waals surface area contributed by atoms with Gasteiger partial charge >= 0.3 is 0 Å². The van der Waals surface area contributed by atoms with Crippen molar-refractivity contribution in [2.45, 2.75) is 33.5 Å². The molecule has 0 aliphatic rings. The predicted molar refractivity (Wildman–Crippen MR) is 84.0 cm³/mol. The number of nitrogens with one attached hydrogen (secondary N) is 1. The van der Waals surface area contributed by atoms with Crippen LogP contribution in [0.4, 0.5) is 5.69 Å². The number of hydrogen-bond donors (Lipinski definition) is 2. The van der Waals surface area contributed by atoms with E-state index in [0.29, 0.717) is 26.4 Å². The fourth-order valence-electron chi connectivity index (χ4n) is 1.64. The van der Waals surface area contributed by atoms with Crippen LogP contribution in [0, 0.1) is 5.92 Å². The van der Waals surface area contributed by atoms with Crippen molar-refractivity contribution >= 4 is 11.6 Å². The van der Waals surface area contributed by atoms with E-state index in [1.807, 2.05) is 38.1 Å². The molecule has 5 heteroatoms. The van der Waals surface area contributed by atoms with Crippen molar-refractivity contribution in [2.75, 3.05) is 25.1 Å². The second kappa shape index (κ2) is 9.50. The second-order valence-corrected chi connectivity index (χ2v) is 5.30. The Labute approximate surface area is 126 Å². The lowest BCUT2D eigenvalue weighted by Gasteiger charge is -2.11.